The van der Waals surface area contributed by atoms with E-state index in [0.717, 1.165) is 25.4 Å². The summed E-state index contributed by atoms with van der Waals surface area (Å²) in [6, 6.07) is 0. The predicted molar refractivity (Wildman–Crippen MR) is 89.1 cm³/mol. The van der Waals surface area contributed by atoms with E-state index in [1.54, 1.807) is 11.8 Å². The van der Waals surface area contributed by atoms with Crippen LogP contribution in [0.25, 0.3) is 0 Å². The van der Waals surface area contributed by atoms with Crippen molar-refractivity contribution in [3.05, 3.63) is 0 Å². The lowest BCUT2D eigenvalue weighted by Crippen LogP contribution is -2.53. The molecule has 0 radical (unpaired) electrons. The Bertz CT molecular complexity index is 413. The second kappa shape index (κ2) is 6.55. The largest absolute Gasteiger partial charge is 0.311 e. The molecule has 0 aromatic heterocycles. The summed E-state index contributed by atoms with van der Waals surface area (Å²) >= 11 is 1.74. The van der Waals surface area contributed by atoms with E-state index in [4.69, 9.17) is 0 Å². The SMILES string of the molecule is CC(C)(CNC(C)(C)C)CN1CCSCC1S(C)(=O)=O. The first-order valence-electron chi connectivity index (χ1n) is 7.16. The van der Waals surface area contributed by atoms with Crippen molar-refractivity contribution in [1.29, 1.82) is 0 Å². The normalized spacial score (nSPS) is 23.0. The minimum atomic E-state index is -3.01. The van der Waals surface area contributed by atoms with Crippen molar-refractivity contribution in [3.63, 3.8) is 0 Å². The van der Waals surface area contributed by atoms with E-state index in [-0.39, 0.29) is 16.3 Å². The molecule has 0 aromatic carbocycles. The van der Waals surface area contributed by atoms with Gasteiger partial charge in [-0.05, 0) is 26.2 Å². The number of nitrogens with one attached hydrogen (secondary N) is 1. The summed E-state index contributed by atoms with van der Waals surface area (Å²) < 4.78 is 23.9. The molecular formula is C14H30N2O2S2. The molecule has 6 heteroatoms. The highest BCUT2D eigenvalue weighted by Gasteiger charge is 2.34. The molecule has 1 saturated heterocycles. The van der Waals surface area contributed by atoms with Crippen LogP contribution in [-0.2, 0) is 9.84 Å². The second-order valence-corrected chi connectivity index (χ2v) is 11.0. The molecule has 1 unspecified atom stereocenters. The molecule has 0 aromatic rings. The van der Waals surface area contributed by atoms with Gasteiger partial charge in [0.15, 0.2) is 9.84 Å². The molecule has 1 aliphatic rings. The second-order valence-electron chi connectivity index (χ2n) is 7.60. The van der Waals surface area contributed by atoms with Crippen molar-refractivity contribution >= 4 is 21.6 Å². The van der Waals surface area contributed by atoms with Gasteiger partial charge in [-0.2, -0.15) is 11.8 Å². The molecule has 0 amide bonds. The molecule has 1 heterocycles. The third kappa shape index (κ3) is 6.33. The van der Waals surface area contributed by atoms with Crippen LogP contribution in [0.2, 0.25) is 0 Å². The van der Waals surface area contributed by atoms with E-state index in [0.29, 0.717) is 5.75 Å². The van der Waals surface area contributed by atoms with Crippen LogP contribution in [-0.4, -0.2) is 61.6 Å². The lowest BCUT2D eigenvalue weighted by Gasteiger charge is -2.40. The summed E-state index contributed by atoms with van der Waals surface area (Å²) in [5, 5.41) is 3.20. The highest BCUT2D eigenvalue weighted by atomic mass is 32.2. The Morgan fingerprint density at radius 2 is 1.85 bits per heavy atom. The summed E-state index contributed by atoms with van der Waals surface area (Å²) in [5.74, 6) is 1.72. The van der Waals surface area contributed by atoms with Crippen LogP contribution in [0.15, 0.2) is 0 Å². The Morgan fingerprint density at radius 1 is 1.25 bits per heavy atom. The summed E-state index contributed by atoms with van der Waals surface area (Å²) in [6.45, 7) is 13.4. The quantitative estimate of drug-likeness (QED) is 0.837. The first-order valence-corrected chi connectivity index (χ1v) is 10.3. The first kappa shape index (κ1) is 18.3. The fraction of sp³-hybridized carbons (Fsp3) is 1.00. The van der Waals surface area contributed by atoms with E-state index in [9.17, 15) is 8.42 Å². The zero-order chi connectivity index (χ0) is 15.6. The molecule has 0 saturated carbocycles. The third-order valence-corrected chi connectivity index (χ3v) is 6.10. The average Bonchev–Trinajstić information content (AvgIpc) is 2.24. The lowest BCUT2D eigenvalue weighted by atomic mass is 9.91. The Hall–Kier alpha value is 0.220. The first-order chi connectivity index (χ1) is 8.91. The third-order valence-electron chi connectivity index (χ3n) is 3.41. The van der Waals surface area contributed by atoms with E-state index in [1.807, 2.05) is 0 Å². The van der Waals surface area contributed by atoms with Gasteiger partial charge in [0.1, 0.15) is 5.37 Å². The summed E-state index contributed by atoms with van der Waals surface area (Å²) in [5.41, 5.74) is 0.142. The van der Waals surface area contributed by atoms with Crippen LogP contribution in [0.5, 0.6) is 0 Å². The van der Waals surface area contributed by atoms with Gasteiger partial charge in [0.25, 0.3) is 0 Å². The molecule has 0 spiro atoms. The molecule has 0 bridgehead atoms. The maximum Gasteiger partial charge on any atom is 0.164 e. The summed E-state index contributed by atoms with van der Waals surface area (Å²) in [4.78, 5) is 2.15. The number of rotatable bonds is 5. The molecule has 1 atom stereocenters. The molecule has 1 rings (SSSR count). The number of nitrogens with zero attached hydrogens (tertiary/aromatic N) is 1. The van der Waals surface area contributed by atoms with E-state index in [2.05, 4.69) is 44.8 Å². The van der Waals surface area contributed by atoms with Crippen molar-refractivity contribution in [2.24, 2.45) is 5.41 Å². The van der Waals surface area contributed by atoms with Crippen LogP contribution in [0.3, 0.4) is 0 Å². The van der Waals surface area contributed by atoms with Gasteiger partial charge in [-0.15, -0.1) is 0 Å². The van der Waals surface area contributed by atoms with Crippen LogP contribution >= 0.6 is 11.8 Å². The van der Waals surface area contributed by atoms with E-state index >= 15 is 0 Å². The Morgan fingerprint density at radius 3 is 2.35 bits per heavy atom. The fourth-order valence-corrected chi connectivity index (χ4v) is 5.24. The van der Waals surface area contributed by atoms with Crippen molar-refractivity contribution in [3.8, 4) is 0 Å². The average molecular weight is 323 g/mol. The molecule has 20 heavy (non-hydrogen) atoms. The Labute approximate surface area is 129 Å². The van der Waals surface area contributed by atoms with Gasteiger partial charge in [0.2, 0.25) is 0 Å². The molecule has 1 aliphatic heterocycles. The highest BCUT2D eigenvalue weighted by Crippen LogP contribution is 2.25. The van der Waals surface area contributed by atoms with Gasteiger partial charge >= 0.3 is 0 Å². The van der Waals surface area contributed by atoms with Crippen molar-refractivity contribution in [1.82, 2.24) is 10.2 Å². The minimum absolute atomic E-state index is 0.0538. The van der Waals surface area contributed by atoms with Gasteiger partial charge in [0, 0.05) is 42.9 Å². The van der Waals surface area contributed by atoms with E-state index in [1.165, 1.54) is 6.26 Å². The molecule has 4 nitrogen and oxygen atoms in total. The van der Waals surface area contributed by atoms with Gasteiger partial charge in [-0.1, -0.05) is 13.8 Å². The number of sulfone groups is 1. The van der Waals surface area contributed by atoms with Crippen LogP contribution < -0.4 is 5.32 Å². The molecule has 1 N–H and O–H groups in total. The molecule has 0 aliphatic carbocycles. The predicted octanol–water partition coefficient (Wildman–Crippen LogP) is 1.82. The summed E-state index contributed by atoms with van der Waals surface area (Å²) in [6.07, 6.45) is 1.36. The molecular weight excluding hydrogens is 292 g/mol. The Kier molecular flexibility index (Phi) is 5.98. The van der Waals surface area contributed by atoms with Crippen LogP contribution in [0, 0.1) is 5.41 Å². The van der Waals surface area contributed by atoms with E-state index < -0.39 is 9.84 Å². The minimum Gasteiger partial charge on any atom is -0.311 e. The summed E-state index contributed by atoms with van der Waals surface area (Å²) in [7, 11) is -3.01. The molecule has 120 valence electrons. The lowest BCUT2D eigenvalue weighted by molar-refractivity contribution is 0.162. The van der Waals surface area contributed by atoms with Crippen molar-refractivity contribution in [2.75, 3.05) is 37.4 Å². The van der Waals surface area contributed by atoms with Gasteiger partial charge in [0.05, 0.1) is 0 Å². The van der Waals surface area contributed by atoms with Crippen molar-refractivity contribution < 1.29 is 8.42 Å². The smallest absolute Gasteiger partial charge is 0.164 e. The van der Waals surface area contributed by atoms with Gasteiger partial charge in [-0.3, -0.25) is 4.90 Å². The maximum absolute atomic E-state index is 11.9. The van der Waals surface area contributed by atoms with Gasteiger partial charge < -0.3 is 5.32 Å². The zero-order valence-corrected chi connectivity index (χ0v) is 15.3. The fourth-order valence-electron chi connectivity index (χ4n) is 2.30. The Balaban J connectivity index is 2.68. The topological polar surface area (TPSA) is 49.4 Å². The maximum atomic E-state index is 11.9. The van der Waals surface area contributed by atoms with Crippen molar-refractivity contribution in [2.45, 2.75) is 45.5 Å². The van der Waals surface area contributed by atoms with Crippen LogP contribution in [0.4, 0.5) is 0 Å². The standard InChI is InChI=1S/C14H30N2O2S2/c1-13(2,3)15-10-14(4,5)11-16-7-8-19-9-12(16)20(6,17)18/h12,15H,7-11H2,1-6H3. The van der Waals surface area contributed by atoms with Crippen LogP contribution in [0.1, 0.15) is 34.6 Å². The zero-order valence-electron chi connectivity index (χ0n) is 13.7. The van der Waals surface area contributed by atoms with Gasteiger partial charge in [-0.25, -0.2) is 8.42 Å². The number of thioether (sulfide) groups is 1. The number of hydrogen-bond donors (Lipinski definition) is 1. The molecule has 1 fully saturated rings. The monoisotopic (exact) mass is 322 g/mol. The highest BCUT2D eigenvalue weighted by molar-refractivity contribution is 8.00. The number of hydrogen-bond acceptors (Lipinski definition) is 5.